The van der Waals surface area contributed by atoms with E-state index in [0.29, 0.717) is 18.0 Å². The highest BCUT2D eigenvalue weighted by Crippen LogP contribution is 2.44. The second-order valence-corrected chi connectivity index (χ2v) is 11.7. The van der Waals surface area contributed by atoms with Gasteiger partial charge in [-0.15, -0.1) is 0 Å². The molecule has 1 unspecified atom stereocenters. The first-order valence-corrected chi connectivity index (χ1v) is 13.5. The van der Waals surface area contributed by atoms with Crippen molar-refractivity contribution < 1.29 is 17.9 Å². The molecule has 7 nitrogen and oxygen atoms in total. The van der Waals surface area contributed by atoms with Crippen molar-refractivity contribution in [3.05, 3.63) is 53.1 Å². The van der Waals surface area contributed by atoms with Crippen LogP contribution in [0.1, 0.15) is 69.6 Å². The number of carbonyl (C=O) groups excluding carboxylic acids is 1. The summed E-state index contributed by atoms with van der Waals surface area (Å²) in [5.41, 5.74) is 5.50. The van der Waals surface area contributed by atoms with Crippen LogP contribution in [0.25, 0.3) is 0 Å². The van der Waals surface area contributed by atoms with E-state index in [1.54, 1.807) is 24.3 Å². The van der Waals surface area contributed by atoms with Crippen molar-refractivity contribution >= 4 is 33.2 Å². The van der Waals surface area contributed by atoms with Gasteiger partial charge in [-0.05, 0) is 80.5 Å². The molecule has 0 fully saturated rings. The molecule has 0 spiro atoms. The summed E-state index contributed by atoms with van der Waals surface area (Å²) in [7, 11) is -1.23. The fourth-order valence-corrected chi connectivity index (χ4v) is 5.65. The molecule has 0 bridgehead atoms. The molecule has 0 radical (unpaired) electrons. The number of fused-ring (bicyclic) bond motifs is 1. The van der Waals surface area contributed by atoms with Gasteiger partial charge >= 0.3 is 6.09 Å². The third-order valence-corrected chi connectivity index (χ3v) is 7.95. The molecule has 1 amide bonds. The molecule has 0 saturated carbocycles. The molecule has 0 saturated heterocycles. The van der Waals surface area contributed by atoms with Gasteiger partial charge in [-0.25, -0.2) is 13.2 Å². The molecule has 0 aliphatic carbocycles. The van der Waals surface area contributed by atoms with Crippen molar-refractivity contribution in [2.75, 3.05) is 27.7 Å². The summed E-state index contributed by atoms with van der Waals surface area (Å²) in [6.07, 6.45) is 1.95. The average molecular weight is 488 g/mol. The summed E-state index contributed by atoms with van der Waals surface area (Å²) in [5.74, 6) is 0.486. The van der Waals surface area contributed by atoms with Gasteiger partial charge in [0.2, 0.25) is 10.0 Å². The third kappa shape index (κ3) is 6.23. The van der Waals surface area contributed by atoms with Crippen molar-refractivity contribution in [3.8, 4) is 0 Å². The minimum absolute atomic E-state index is 0.0808. The second kappa shape index (κ2) is 10.3. The lowest BCUT2D eigenvalue weighted by atomic mass is 9.80. The maximum absolute atomic E-state index is 12.5. The monoisotopic (exact) mass is 487 g/mol. The van der Waals surface area contributed by atoms with Gasteiger partial charge in [-0.1, -0.05) is 32.4 Å². The number of rotatable bonds is 8. The minimum atomic E-state index is -3.34. The molecule has 34 heavy (non-hydrogen) atoms. The van der Waals surface area contributed by atoms with E-state index in [1.165, 1.54) is 11.3 Å². The van der Waals surface area contributed by atoms with E-state index in [1.807, 2.05) is 13.8 Å². The second-order valence-electron chi connectivity index (χ2n) is 9.88. The number of nitrogens with one attached hydrogen (secondary N) is 2. The summed E-state index contributed by atoms with van der Waals surface area (Å²) in [5, 5.41) is 2.88. The zero-order valence-electron chi connectivity index (χ0n) is 21.1. The Morgan fingerprint density at radius 2 is 1.88 bits per heavy atom. The molecular weight excluding hydrogens is 450 g/mol. The number of carbonyl (C=O) groups is 1. The van der Waals surface area contributed by atoms with Gasteiger partial charge in [-0.2, -0.15) is 0 Å². The first-order chi connectivity index (χ1) is 15.9. The van der Waals surface area contributed by atoms with E-state index in [2.05, 4.69) is 54.9 Å². The van der Waals surface area contributed by atoms with Crippen LogP contribution in [-0.4, -0.2) is 32.9 Å². The predicted molar refractivity (Wildman–Crippen MR) is 139 cm³/mol. The summed E-state index contributed by atoms with van der Waals surface area (Å²) in [6, 6.07) is 11.0. The molecule has 186 valence electrons. The van der Waals surface area contributed by atoms with Crippen molar-refractivity contribution in [2.45, 2.75) is 71.9 Å². The molecule has 0 aromatic heterocycles. The van der Waals surface area contributed by atoms with Crippen LogP contribution in [-0.2, 0) is 21.4 Å². The molecule has 2 aromatic carbocycles. The predicted octanol–water partition coefficient (Wildman–Crippen LogP) is 6.01. The van der Waals surface area contributed by atoms with E-state index in [-0.39, 0.29) is 17.9 Å². The fraction of sp³-hybridized carbons (Fsp3) is 0.500. The van der Waals surface area contributed by atoms with Crippen molar-refractivity contribution in [2.24, 2.45) is 0 Å². The molecule has 3 rings (SSSR count). The summed E-state index contributed by atoms with van der Waals surface area (Å²) in [4.78, 5) is 14.8. The van der Waals surface area contributed by atoms with Crippen LogP contribution >= 0.6 is 0 Å². The third-order valence-electron chi connectivity index (χ3n) is 6.58. The molecule has 1 aliphatic heterocycles. The first-order valence-electron chi connectivity index (χ1n) is 11.8. The van der Waals surface area contributed by atoms with E-state index in [9.17, 15) is 13.2 Å². The lowest BCUT2D eigenvalue weighted by molar-refractivity contribution is 0.155. The van der Waals surface area contributed by atoms with Gasteiger partial charge in [0, 0.05) is 29.6 Å². The lowest BCUT2D eigenvalue weighted by Gasteiger charge is -2.45. The molecule has 1 aliphatic rings. The number of anilines is 3. The molecule has 2 aromatic rings. The molecule has 2 N–H and O–H groups in total. The summed E-state index contributed by atoms with van der Waals surface area (Å²) >= 11 is 0. The fourth-order valence-electron chi connectivity index (χ4n) is 4.38. The van der Waals surface area contributed by atoms with Gasteiger partial charge in [-0.3, -0.25) is 10.0 Å². The Kier molecular flexibility index (Phi) is 7.81. The smallest absolute Gasteiger partial charge is 0.411 e. The lowest BCUT2D eigenvalue weighted by Crippen LogP contribution is -2.45. The Labute approximate surface area is 203 Å². The number of aryl methyl sites for hydroxylation is 1. The van der Waals surface area contributed by atoms with Crippen molar-refractivity contribution in [3.63, 3.8) is 0 Å². The molecule has 1 heterocycles. The number of sulfonamides is 1. The van der Waals surface area contributed by atoms with Crippen molar-refractivity contribution in [1.29, 1.82) is 0 Å². The van der Waals surface area contributed by atoms with Gasteiger partial charge < -0.3 is 9.64 Å². The Balaban J connectivity index is 1.60. The number of nitrogens with zero attached hydrogens (tertiary/aromatic N) is 1. The molecule has 8 heteroatoms. The number of hydrogen-bond acceptors (Lipinski definition) is 5. The van der Waals surface area contributed by atoms with Crippen LogP contribution in [0.15, 0.2) is 36.4 Å². The van der Waals surface area contributed by atoms with Gasteiger partial charge in [0.1, 0.15) is 6.61 Å². The Morgan fingerprint density at radius 1 is 1.21 bits per heavy atom. The molecule has 1 atom stereocenters. The highest BCUT2D eigenvalue weighted by atomic mass is 32.2. The zero-order valence-corrected chi connectivity index (χ0v) is 21.9. The minimum Gasteiger partial charge on any atom is -0.444 e. The number of ether oxygens (including phenoxy) is 1. The number of unbranched alkanes of at least 4 members (excludes halogenated alkanes) is 1. The van der Waals surface area contributed by atoms with Crippen LogP contribution < -0.4 is 14.9 Å². The maximum Gasteiger partial charge on any atom is 0.411 e. The number of amides is 1. The Morgan fingerprint density at radius 3 is 2.53 bits per heavy atom. The van der Waals surface area contributed by atoms with Gasteiger partial charge in [0.15, 0.2) is 0 Å². The SMILES string of the molecule is CCCCS(=O)(=O)Nc1ccc(COC(=O)Nc2cc3c(cc2C)N(C)C(C)(C)CC3C)cc1. The van der Waals surface area contributed by atoms with E-state index in [4.69, 9.17) is 4.74 Å². The Hall–Kier alpha value is -2.74. The summed E-state index contributed by atoms with van der Waals surface area (Å²) in [6.45, 7) is 10.7. The highest BCUT2D eigenvalue weighted by Gasteiger charge is 2.34. The van der Waals surface area contributed by atoms with E-state index in [0.717, 1.165) is 29.7 Å². The normalized spacial score (nSPS) is 17.1. The topological polar surface area (TPSA) is 87.7 Å². The van der Waals surface area contributed by atoms with Crippen molar-refractivity contribution in [1.82, 2.24) is 0 Å². The average Bonchev–Trinajstić information content (AvgIpc) is 2.76. The highest BCUT2D eigenvalue weighted by molar-refractivity contribution is 7.92. The van der Waals surface area contributed by atoms with Crippen LogP contribution in [0, 0.1) is 6.92 Å². The largest absolute Gasteiger partial charge is 0.444 e. The van der Waals surface area contributed by atoms with Gasteiger partial charge in [0.05, 0.1) is 5.75 Å². The quantitative estimate of drug-likeness (QED) is 0.476. The van der Waals surface area contributed by atoms with Crippen LogP contribution in [0.2, 0.25) is 0 Å². The molecular formula is C26H37N3O4S. The Bertz CT molecular complexity index is 1130. The zero-order chi connectivity index (χ0) is 25.1. The summed E-state index contributed by atoms with van der Waals surface area (Å²) < 4.78 is 32.0. The van der Waals surface area contributed by atoms with Gasteiger partial charge in [0.25, 0.3) is 0 Å². The number of hydrogen-bond donors (Lipinski definition) is 2. The van der Waals surface area contributed by atoms with E-state index >= 15 is 0 Å². The maximum atomic E-state index is 12.5. The van der Waals surface area contributed by atoms with Crippen LogP contribution in [0.3, 0.4) is 0 Å². The van der Waals surface area contributed by atoms with Crippen LogP contribution in [0.5, 0.6) is 0 Å². The van der Waals surface area contributed by atoms with Crippen LogP contribution in [0.4, 0.5) is 21.9 Å². The standard InChI is InChI=1S/C26H37N3O4S/c1-7-8-13-34(31,32)28-21-11-9-20(10-12-21)17-33-25(30)27-23-15-22-19(3)16-26(4,5)29(6)24(22)14-18(23)2/h9-12,14-15,19,28H,7-8,13,16-17H2,1-6H3,(H,27,30). The van der Waals surface area contributed by atoms with E-state index < -0.39 is 16.1 Å². The number of benzene rings is 2. The first kappa shape index (κ1) is 25.9.